The molecule has 7 heteroatoms. The Balaban J connectivity index is 1.45. The van der Waals surface area contributed by atoms with Crippen molar-refractivity contribution in [2.24, 2.45) is 0 Å². The average molecular weight is 334 g/mol. The first-order valence-corrected chi connectivity index (χ1v) is 9.01. The fraction of sp³-hybridized carbons (Fsp3) is 0.400. The summed E-state index contributed by atoms with van der Waals surface area (Å²) in [6.07, 6.45) is 2.43. The van der Waals surface area contributed by atoms with E-state index in [1.807, 2.05) is 37.4 Å². The summed E-state index contributed by atoms with van der Waals surface area (Å²) in [5.41, 5.74) is 1.13. The van der Waals surface area contributed by atoms with Crippen LogP contribution in [0.15, 0.2) is 34.7 Å². The number of carbonyl (C=O) groups excluding carboxylic acids is 1. The number of rotatable bonds is 7. The summed E-state index contributed by atoms with van der Waals surface area (Å²) in [6.45, 7) is 0.630. The lowest BCUT2D eigenvalue weighted by Crippen LogP contribution is -2.27. The first kappa shape index (κ1) is 15.3. The largest absolute Gasteiger partial charge is 0.357 e. The van der Waals surface area contributed by atoms with Crippen LogP contribution in [0.5, 0.6) is 0 Å². The number of hydrogen-bond donors (Lipinski definition) is 1. The summed E-state index contributed by atoms with van der Waals surface area (Å²) in [4.78, 5) is 13.9. The molecule has 1 aromatic carbocycles. The van der Waals surface area contributed by atoms with E-state index >= 15 is 0 Å². The number of amides is 1. The molecule has 0 radical (unpaired) electrons. The second-order valence-electron chi connectivity index (χ2n) is 5.32. The zero-order chi connectivity index (χ0) is 15.4. The van der Waals surface area contributed by atoms with Crippen molar-refractivity contribution in [1.82, 2.24) is 15.1 Å². The Bertz CT molecular complexity index is 627. The van der Waals surface area contributed by atoms with Crippen LogP contribution < -0.4 is 5.32 Å². The first-order chi connectivity index (χ1) is 10.7. The second-order valence-corrected chi connectivity index (χ2v) is 7.52. The predicted octanol–water partition coefficient (Wildman–Crippen LogP) is 2.86. The van der Waals surface area contributed by atoms with Crippen LogP contribution in [0.25, 0.3) is 0 Å². The van der Waals surface area contributed by atoms with Crippen molar-refractivity contribution in [3.8, 4) is 0 Å². The quantitative estimate of drug-likeness (QED) is 0.789. The molecule has 1 fully saturated rings. The maximum Gasteiger partial charge on any atom is 0.233 e. The molecule has 0 saturated heterocycles. The molecule has 5 nitrogen and oxygen atoms in total. The van der Waals surface area contributed by atoms with E-state index < -0.39 is 0 Å². The summed E-state index contributed by atoms with van der Waals surface area (Å²) < 4.78 is 0.838. The van der Waals surface area contributed by atoms with Gasteiger partial charge in [-0.05, 0) is 18.4 Å². The fourth-order valence-electron chi connectivity index (χ4n) is 1.91. The van der Waals surface area contributed by atoms with E-state index in [0.717, 1.165) is 15.0 Å². The van der Waals surface area contributed by atoms with Crippen LogP contribution >= 0.6 is 23.1 Å². The molecule has 1 heterocycles. The summed E-state index contributed by atoms with van der Waals surface area (Å²) >= 11 is 2.97. The summed E-state index contributed by atoms with van der Waals surface area (Å²) in [7, 11) is 1.83. The number of nitrogens with one attached hydrogen (secondary N) is 1. The Morgan fingerprint density at radius 1 is 1.36 bits per heavy atom. The maximum absolute atomic E-state index is 12.2. The van der Waals surface area contributed by atoms with Gasteiger partial charge in [0.2, 0.25) is 11.0 Å². The van der Waals surface area contributed by atoms with Gasteiger partial charge in [-0.15, -0.1) is 10.2 Å². The fourth-order valence-corrected chi connectivity index (χ4v) is 3.68. The second kappa shape index (κ2) is 7.11. The SMILES string of the molecule is CN(Cc1ccccc1)C(=O)CSc1nnc(NC2CC2)s1. The molecule has 1 N–H and O–H groups in total. The van der Waals surface area contributed by atoms with E-state index in [2.05, 4.69) is 15.5 Å². The van der Waals surface area contributed by atoms with Crippen LogP contribution in [0.3, 0.4) is 0 Å². The smallest absolute Gasteiger partial charge is 0.233 e. The Hall–Kier alpha value is -1.60. The highest BCUT2D eigenvalue weighted by molar-refractivity contribution is 8.01. The normalized spacial score (nSPS) is 13.9. The number of benzene rings is 1. The maximum atomic E-state index is 12.2. The minimum Gasteiger partial charge on any atom is -0.357 e. The number of carbonyl (C=O) groups is 1. The van der Waals surface area contributed by atoms with Gasteiger partial charge in [-0.25, -0.2) is 0 Å². The standard InChI is InChI=1S/C15H18N4OS2/c1-19(9-11-5-3-2-4-6-11)13(20)10-21-15-18-17-14(22-15)16-12-7-8-12/h2-6,12H,7-10H2,1H3,(H,16,17). The Morgan fingerprint density at radius 2 is 2.14 bits per heavy atom. The first-order valence-electron chi connectivity index (χ1n) is 7.21. The van der Waals surface area contributed by atoms with Gasteiger partial charge in [0.15, 0.2) is 4.34 Å². The van der Waals surface area contributed by atoms with Crippen LogP contribution in [0.4, 0.5) is 5.13 Å². The van der Waals surface area contributed by atoms with Gasteiger partial charge in [-0.2, -0.15) is 0 Å². The van der Waals surface area contributed by atoms with Crippen LogP contribution in [-0.2, 0) is 11.3 Å². The van der Waals surface area contributed by atoms with Crippen molar-refractivity contribution >= 4 is 34.1 Å². The summed E-state index contributed by atoms with van der Waals surface area (Å²) in [5.74, 6) is 0.488. The van der Waals surface area contributed by atoms with E-state index in [-0.39, 0.29) is 5.91 Å². The van der Waals surface area contributed by atoms with Gasteiger partial charge >= 0.3 is 0 Å². The highest BCUT2D eigenvalue weighted by Gasteiger charge is 2.22. The van der Waals surface area contributed by atoms with Crippen molar-refractivity contribution in [3.05, 3.63) is 35.9 Å². The molecule has 1 aliphatic rings. The number of anilines is 1. The minimum atomic E-state index is 0.0979. The van der Waals surface area contributed by atoms with Crippen molar-refractivity contribution < 1.29 is 4.79 Å². The number of nitrogens with zero attached hydrogens (tertiary/aromatic N) is 3. The van der Waals surface area contributed by atoms with Gasteiger partial charge in [0, 0.05) is 19.6 Å². The Labute approximate surface area is 138 Å². The molecule has 0 unspecified atom stereocenters. The van der Waals surface area contributed by atoms with Crippen molar-refractivity contribution in [2.75, 3.05) is 18.1 Å². The highest BCUT2D eigenvalue weighted by Crippen LogP contribution is 2.30. The molecule has 1 amide bonds. The van der Waals surface area contributed by atoms with Gasteiger partial charge in [0.05, 0.1) is 5.75 Å². The third kappa shape index (κ3) is 4.45. The van der Waals surface area contributed by atoms with E-state index in [1.54, 1.807) is 4.90 Å². The lowest BCUT2D eigenvalue weighted by Gasteiger charge is -2.16. The van der Waals surface area contributed by atoms with E-state index in [4.69, 9.17) is 0 Å². The van der Waals surface area contributed by atoms with Crippen molar-refractivity contribution in [2.45, 2.75) is 29.8 Å². The van der Waals surface area contributed by atoms with Crippen molar-refractivity contribution in [3.63, 3.8) is 0 Å². The molecule has 0 spiro atoms. The summed E-state index contributed by atoms with van der Waals surface area (Å²) in [5, 5.41) is 12.4. The Kier molecular flexibility index (Phi) is 4.94. The molecule has 1 aromatic heterocycles. The monoisotopic (exact) mass is 334 g/mol. The summed E-state index contributed by atoms with van der Waals surface area (Å²) in [6, 6.07) is 10.6. The van der Waals surface area contributed by atoms with E-state index in [1.165, 1.54) is 35.9 Å². The van der Waals surface area contributed by atoms with Crippen LogP contribution in [0, 0.1) is 0 Å². The van der Waals surface area contributed by atoms with Crippen molar-refractivity contribution in [1.29, 1.82) is 0 Å². The van der Waals surface area contributed by atoms with Gasteiger partial charge < -0.3 is 10.2 Å². The molecule has 0 bridgehead atoms. The molecule has 1 saturated carbocycles. The molecule has 3 rings (SSSR count). The van der Waals surface area contributed by atoms with Gasteiger partial charge in [0.1, 0.15) is 0 Å². The lowest BCUT2D eigenvalue weighted by atomic mass is 10.2. The number of hydrogen-bond acceptors (Lipinski definition) is 6. The van der Waals surface area contributed by atoms with E-state index in [0.29, 0.717) is 18.3 Å². The van der Waals surface area contributed by atoms with Gasteiger partial charge in [-0.3, -0.25) is 4.79 Å². The molecule has 116 valence electrons. The predicted molar refractivity (Wildman–Crippen MR) is 90.2 cm³/mol. The molecule has 2 aromatic rings. The van der Waals surface area contributed by atoms with E-state index in [9.17, 15) is 4.79 Å². The minimum absolute atomic E-state index is 0.0979. The third-order valence-corrected chi connectivity index (χ3v) is 5.29. The number of aromatic nitrogens is 2. The molecular weight excluding hydrogens is 316 g/mol. The topological polar surface area (TPSA) is 58.1 Å². The van der Waals surface area contributed by atoms with Gasteiger partial charge in [0.25, 0.3) is 0 Å². The molecule has 1 aliphatic carbocycles. The zero-order valence-electron chi connectivity index (χ0n) is 12.4. The molecule has 0 atom stereocenters. The Morgan fingerprint density at radius 3 is 2.86 bits per heavy atom. The number of thioether (sulfide) groups is 1. The zero-order valence-corrected chi connectivity index (χ0v) is 14.0. The highest BCUT2D eigenvalue weighted by atomic mass is 32.2. The lowest BCUT2D eigenvalue weighted by molar-refractivity contribution is -0.127. The molecule has 0 aliphatic heterocycles. The third-order valence-electron chi connectivity index (χ3n) is 3.32. The van der Waals surface area contributed by atoms with Gasteiger partial charge in [-0.1, -0.05) is 53.4 Å². The molecule has 22 heavy (non-hydrogen) atoms. The molecular formula is C15H18N4OS2. The van der Waals surface area contributed by atoms with Crippen LogP contribution in [0.2, 0.25) is 0 Å². The average Bonchev–Trinajstić information content (AvgIpc) is 3.22. The van der Waals surface area contributed by atoms with Crippen LogP contribution in [0.1, 0.15) is 18.4 Å². The van der Waals surface area contributed by atoms with Crippen LogP contribution in [-0.4, -0.2) is 39.8 Å².